The topological polar surface area (TPSA) is 50.2 Å². The maximum atomic E-state index is 11.6. The second-order valence-corrected chi connectivity index (χ2v) is 5.29. The second-order valence-electron chi connectivity index (χ2n) is 5.29. The fraction of sp³-hybridized carbons (Fsp3) is 0.294. The number of hydrogen-bond donors (Lipinski definition) is 1. The lowest BCUT2D eigenvalue weighted by Gasteiger charge is -2.19. The number of benzene rings is 1. The zero-order chi connectivity index (χ0) is 13.9. The lowest BCUT2D eigenvalue weighted by Crippen LogP contribution is -2.14. The Bertz CT molecular complexity index is 622. The molecule has 0 aliphatic heterocycles. The Balaban J connectivity index is 2.02. The molecule has 1 aliphatic carbocycles. The van der Waals surface area contributed by atoms with E-state index in [2.05, 4.69) is 17.1 Å². The summed E-state index contributed by atoms with van der Waals surface area (Å²) in [6.45, 7) is 0. The van der Waals surface area contributed by atoms with Gasteiger partial charge in [0, 0.05) is 12.4 Å². The summed E-state index contributed by atoms with van der Waals surface area (Å²) in [5, 5.41) is 9.56. The van der Waals surface area contributed by atoms with Gasteiger partial charge in [0.25, 0.3) is 0 Å². The normalized spacial score (nSPS) is 15.4. The minimum Gasteiger partial charge on any atom is -0.481 e. The minimum absolute atomic E-state index is 0.629. The molecule has 0 spiro atoms. The first kappa shape index (κ1) is 12.9. The Kier molecular flexibility index (Phi) is 3.50. The fourth-order valence-electron chi connectivity index (χ4n) is 2.96. The zero-order valence-corrected chi connectivity index (χ0v) is 11.2. The van der Waals surface area contributed by atoms with Crippen molar-refractivity contribution in [2.45, 2.75) is 31.6 Å². The Morgan fingerprint density at radius 3 is 2.60 bits per heavy atom. The molecule has 20 heavy (non-hydrogen) atoms. The molecule has 3 rings (SSSR count). The van der Waals surface area contributed by atoms with Crippen molar-refractivity contribution in [1.29, 1.82) is 0 Å². The van der Waals surface area contributed by atoms with Crippen molar-refractivity contribution in [2.24, 2.45) is 0 Å². The van der Waals surface area contributed by atoms with Crippen LogP contribution in [-0.4, -0.2) is 16.1 Å². The van der Waals surface area contributed by atoms with Gasteiger partial charge in [0.1, 0.15) is 5.92 Å². The third-order valence-electron chi connectivity index (χ3n) is 3.97. The number of aliphatic carboxylic acids is 1. The van der Waals surface area contributed by atoms with Crippen LogP contribution in [0, 0.1) is 0 Å². The molecule has 0 amide bonds. The number of aryl methyl sites for hydroxylation is 2. The molecule has 2 aromatic rings. The highest BCUT2D eigenvalue weighted by Crippen LogP contribution is 2.29. The first-order valence-corrected chi connectivity index (χ1v) is 7.00. The molecule has 0 saturated heterocycles. The van der Waals surface area contributed by atoms with Gasteiger partial charge in [-0.1, -0.05) is 24.3 Å². The van der Waals surface area contributed by atoms with Crippen LogP contribution in [0.4, 0.5) is 0 Å². The number of carbonyl (C=O) groups is 1. The van der Waals surface area contributed by atoms with Crippen molar-refractivity contribution in [2.75, 3.05) is 0 Å². The molecule has 0 bridgehead atoms. The van der Waals surface area contributed by atoms with Crippen molar-refractivity contribution < 1.29 is 9.90 Å². The summed E-state index contributed by atoms with van der Waals surface area (Å²) < 4.78 is 0. The van der Waals surface area contributed by atoms with Crippen LogP contribution >= 0.6 is 0 Å². The summed E-state index contributed by atoms with van der Waals surface area (Å²) in [5.41, 5.74) is 4.26. The highest BCUT2D eigenvalue weighted by atomic mass is 16.4. The number of aromatic nitrogens is 1. The van der Waals surface area contributed by atoms with Crippen LogP contribution < -0.4 is 0 Å². The van der Waals surface area contributed by atoms with E-state index in [0.29, 0.717) is 0 Å². The zero-order valence-electron chi connectivity index (χ0n) is 11.2. The van der Waals surface area contributed by atoms with E-state index in [-0.39, 0.29) is 0 Å². The van der Waals surface area contributed by atoms with E-state index in [4.69, 9.17) is 0 Å². The summed E-state index contributed by atoms with van der Waals surface area (Å²) in [5.74, 6) is -1.45. The van der Waals surface area contributed by atoms with Crippen LogP contribution in [0.5, 0.6) is 0 Å². The van der Waals surface area contributed by atoms with E-state index in [9.17, 15) is 9.90 Å². The quantitative estimate of drug-likeness (QED) is 0.929. The van der Waals surface area contributed by atoms with E-state index in [1.54, 1.807) is 18.5 Å². The van der Waals surface area contributed by atoms with E-state index < -0.39 is 11.9 Å². The van der Waals surface area contributed by atoms with Crippen LogP contribution in [0.3, 0.4) is 0 Å². The number of rotatable bonds is 3. The summed E-state index contributed by atoms with van der Waals surface area (Å²) in [6.07, 6.45) is 7.90. The molecule has 3 nitrogen and oxygen atoms in total. The molecule has 3 heteroatoms. The van der Waals surface area contributed by atoms with Gasteiger partial charge in [-0.25, -0.2) is 0 Å². The summed E-state index contributed by atoms with van der Waals surface area (Å²) >= 11 is 0. The molecule has 1 unspecified atom stereocenters. The van der Waals surface area contributed by atoms with Gasteiger partial charge >= 0.3 is 5.97 Å². The highest BCUT2D eigenvalue weighted by molar-refractivity contribution is 5.80. The summed E-state index contributed by atoms with van der Waals surface area (Å²) in [4.78, 5) is 15.7. The fourth-order valence-corrected chi connectivity index (χ4v) is 2.96. The van der Waals surface area contributed by atoms with Gasteiger partial charge in [0.05, 0.1) is 0 Å². The van der Waals surface area contributed by atoms with Crippen LogP contribution in [0.2, 0.25) is 0 Å². The van der Waals surface area contributed by atoms with Crippen molar-refractivity contribution in [3.63, 3.8) is 0 Å². The van der Waals surface area contributed by atoms with Crippen LogP contribution in [-0.2, 0) is 17.6 Å². The number of fused-ring (bicyclic) bond motifs is 1. The first-order chi connectivity index (χ1) is 9.75. The number of carboxylic acid groups (broad SMARTS) is 1. The minimum atomic E-state index is -0.825. The molecule has 1 heterocycles. The van der Waals surface area contributed by atoms with Crippen molar-refractivity contribution in [3.05, 3.63) is 65.0 Å². The predicted octanol–water partition coefficient (Wildman–Crippen LogP) is 3.18. The average molecular weight is 267 g/mol. The monoisotopic (exact) mass is 267 g/mol. The highest BCUT2D eigenvalue weighted by Gasteiger charge is 2.23. The third-order valence-corrected chi connectivity index (χ3v) is 3.97. The van der Waals surface area contributed by atoms with E-state index in [1.807, 2.05) is 12.1 Å². The Labute approximate surface area is 118 Å². The smallest absolute Gasteiger partial charge is 0.315 e. The maximum absolute atomic E-state index is 11.6. The van der Waals surface area contributed by atoms with Crippen molar-refractivity contribution >= 4 is 5.97 Å². The van der Waals surface area contributed by atoms with Gasteiger partial charge < -0.3 is 5.11 Å². The third kappa shape index (κ3) is 2.44. The summed E-state index contributed by atoms with van der Waals surface area (Å²) in [7, 11) is 0. The number of hydrogen-bond acceptors (Lipinski definition) is 2. The number of nitrogens with zero attached hydrogens (tertiary/aromatic N) is 1. The van der Waals surface area contributed by atoms with Gasteiger partial charge in [0.15, 0.2) is 0 Å². The Morgan fingerprint density at radius 2 is 1.90 bits per heavy atom. The van der Waals surface area contributed by atoms with Crippen LogP contribution in [0.25, 0.3) is 0 Å². The van der Waals surface area contributed by atoms with E-state index in [0.717, 1.165) is 24.0 Å². The van der Waals surface area contributed by atoms with Gasteiger partial charge in [-0.2, -0.15) is 0 Å². The van der Waals surface area contributed by atoms with Crippen molar-refractivity contribution in [3.8, 4) is 0 Å². The Morgan fingerprint density at radius 1 is 1.10 bits per heavy atom. The molecule has 0 fully saturated rings. The summed E-state index contributed by atoms with van der Waals surface area (Å²) in [6, 6.07) is 9.72. The van der Waals surface area contributed by atoms with Crippen LogP contribution in [0.1, 0.15) is 41.0 Å². The van der Waals surface area contributed by atoms with Gasteiger partial charge in [-0.05, 0) is 54.0 Å². The maximum Gasteiger partial charge on any atom is 0.315 e. The van der Waals surface area contributed by atoms with Gasteiger partial charge in [-0.15, -0.1) is 0 Å². The molecule has 0 radical (unpaired) electrons. The molecule has 1 N–H and O–H groups in total. The molecule has 1 aromatic heterocycles. The molecule has 102 valence electrons. The van der Waals surface area contributed by atoms with Crippen molar-refractivity contribution in [1.82, 2.24) is 4.98 Å². The molecular formula is C17H17NO2. The molecular weight excluding hydrogens is 250 g/mol. The number of carboxylic acids is 1. The molecule has 1 aromatic carbocycles. The molecule has 1 aliphatic rings. The SMILES string of the molecule is O=C(O)C(c1cccnc1)c1ccc2c(c1)CCCC2. The lowest BCUT2D eigenvalue weighted by atomic mass is 9.85. The first-order valence-electron chi connectivity index (χ1n) is 7.00. The lowest BCUT2D eigenvalue weighted by molar-refractivity contribution is -0.137. The molecule has 1 atom stereocenters. The molecule has 0 saturated carbocycles. The van der Waals surface area contributed by atoms with E-state index >= 15 is 0 Å². The van der Waals surface area contributed by atoms with Gasteiger partial charge in [0.2, 0.25) is 0 Å². The second kappa shape index (κ2) is 5.45. The van der Waals surface area contributed by atoms with E-state index in [1.165, 1.54) is 24.0 Å². The van der Waals surface area contributed by atoms with Crippen LogP contribution in [0.15, 0.2) is 42.7 Å². The Hall–Kier alpha value is -2.16. The largest absolute Gasteiger partial charge is 0.481 e. The van der Waals surface area contributed by atoms with Gasteiger partial charge in [-0.3, -0.25) is 9.78 Å². The number of pyridine rings is 1. The average Bonchev–Trinajstić information content (AvgIpc) is 2.48. The standard InChI is InChI=1S/C17H17NO2/c19-17(20)16(15-6-3-9-18-11-15)14-8-7-12-4-1-2-5-13(12)10-14/h3,6-11,16H,1-2,4-5H2,(H,19,20). The predicted molar refractivity (Wildman–Crippen MR) is 76.8 cm³/mol.